The van der Waals surface area contributed by atoms with Gasteiger partial charge in [0.15, 0.2) is 0 Å². The van der Waals surface area contributed by atoms with Crippen LogP contribution < -0.4 is 0 Å². The van der Waals surface area contributed by atoms with Gasteiger partial charge in [-0.1, -0.05) is 4.47 Å². The molecule has 0 amide bonds. The molecule has 1 heterocycles. The van der Waals surface area contributed by atoms with Crippen molar-refractivity contribution in [1.82, 2.24) is 4.47 Å². The summed E-state index contributed by atoms with van der Waals surface area (Å²) < 4.78 is 24.9. The smallest absolute Gasteiger partial charge is 0.266 e. The van der Waals surface area contributed by atoms with Gasteiger partial charge in [-0.3, -0.25) is 0 Å². The molecule has 13 heavy (non-hydrogen) atoms. The molecule has 0 aromatic heterocycles. The predicted octanol–water partition coefficient (Wildman–Crippen LogP) is 2.95. The SMILES string of the molecule is CC1C=CON1SCCC=C(F)F. The third-order valence-corrected chi connectivity index (χ3v) is 2.58. The van der Waals surface area contributed by atoms with Crippen LogP contribution in [0, 0.1) is 0 Å². The van der Waals surface area contributed by atoms with Crippen LogP contribution in [0.5, 0.6) is 0 Å². The summed E-state index contributed by atoms with van der Waals surface area (Å²) in [5.41, 5.74) is 0. The molecule has 0 aromatic rings. The van der Waals surface area contributed by atoms with Gasteiger partial charge in [0.2, 0.25) is 0 Å². The first kappa shape index (κ1) is 10.5. The van der Waals surface area contributed by atoms with Gasteiger partial charge >= 0.3 is 0 Å². The molecule has 1 atom stereocenters. The molecule has 0 fully saturated rings. The summed E-state index contributed by atoms with van der Waals surface area (Å²) >= 11 is 1.40. The van der Waals surface area contributed by atoms with E-state index in [0.29, 0.717) is 12.2 Å². The van der Waals surface area contributed by atoms with Crippen molar-refractivity contribution in [2.45, 2.75) is 19.4 Å². The summed E-state index contributed by atoms with van der Waals surface area (Å²) in [5, 5.41) is 0. The van der Waals surface area contributed by atoms with Crippen LogP contribution in [0.4, 0.5) is 8.78 Å². The number of rotatable bonds is 4. The minimum atomic E-state index is -1.62. The van der Waals surface area contributed by atoms with Crippen molar-refractivity contribution >= 4 is 11.9 Å². The van der Waals surface area contributed by atoms with E-state index in [0.717, 1.165) is 6.08 Å². The predicted molar refractivity (Wildman–Crippen MR) is 48.9 cm³/mol. The second kappa shape index (κ2) is 5.24. The highest BCUT2D eigenvalue weighted by Crippen LogP contribution is 2.21. The Morgan fingerprint density at radius 1 is 1.69 bits per heavy atom. The Bertz CT molecular complexity index is 216. The largest absolute Gasteiger partial charge is 0.403 e. The van der Waals surface area contributed by atoms with Crippen LogP contribution in [0.3, 0.4) is 0 Å². The van der Waals surface area contributed by atoms with E-state index in [1.54, 1.807) is 10.7 Å². The van der Waals surface area contributed by atoms with Crippen LogP contribution in [-0.2, 0) is 4.84 Å². The van der Waals surface area contributed by atoms with Crippen LogP contribution >= 0.6 is 11.9 Å². The van der Waals surface area contributed by atoms with Crippen LogP contribution in [0.15, 0.2) is 24.5 Å². The number of hydroxylamine groups is 1. The normalized spacial score (nSPS) is 21.6. The summed E-state index contributed by atoms with van der Waals surface area (Å²) in [7, 11) is 0. The average molecular weight is 207 g/mol. The molecule has 0 aliphatic carbocycles. The van der Waals surface area contributed by atoms with Crippen LogP contribution in [-0.4, -0.2) is 16.3 Å². The summed E-state index contributed by atoms with van der Waals surface area (Å²) in [6, 6.07) is 0.212. The first-order valence-electron chi connectivity index (χ1n) is 3.97. The lowest BCUT2D eigenvalue weighted by Crippen LogP contribution is -2.18. The number of hydrogen-bond donors (Lipinski definition) is 0. The molecule has 1 aliphatic rings. The molecule has 1 aliphatic heterocycles. The Hall–Kier alpha value is -0.550. The molecule has 0 bridgehead atoms. The molecule has 74 valence electrons. The third kappa shape index (κ3) is 3.78. The fraction of sp³-hybridized carbons (Fsp3) is 0.500. The van der Waals surface area contributed by atoms with E-state index in [9.17, 15) is 8.78 Å². The minimum Gasteiger partial charge on any atom is -0.403 e. The number of halogens is 2. The zero-order valence-electron chi connectivity index (χ0n) is 7.24. The van der Waals surface area contributed by atoms with Gasteiger partial charge in [-0.05, 0) is 37.4 Å². The van der Waals surface area contributed by atoms with Gasteiger partial charge in [-0.25, -0.2) is 0 Å². The zero-order valence-corrected chi connectivity index (χ0v) is 8.06. The van der Waals surface area contributed by atoms with E-state index in [1.807, 2.05) is 13.0 Å². The Labute approximate surface area is 80.3 Å². The van der Waals surface area contributed by atoms with Crippen molar-refractivity contribution in [1.29, 1.82) is 0 Å². The Balaban J connectivity index is 2.10. The van der Waals surface area contributed by atoms with Gasteiger partial charge in [0.25, 0.3) is 6.08 Å². The summed E-state index contributed by atoms with van der Waals surface area (Å²) in [4.78, 5) is 5.08. The van der Waals surface area contributed by atoms with Gasteiger partial charge in [0, 0.05) is 5.75 Å². The highest BCUT2D eigenvalue weighted by Gasteiger charge is 2.16. The van der Waals surface area contributed by atoms with Crippen molar-refractivity contribution in [3.8, 4) is 0 Å². The molecule has 0 aromatic carbocycles. The summed E-state index contributed by atoms with van der Waals surface area (Å²) in [5.74, 6) is 0.601. The number of hydrogen-bond acceptors (Lipinski definition) is 3. The van der Waals surface area contributed by atoms with E-state index >= 15 is 0 Å². The molecule has 2 nitrogen and oxygen atoms in total. The first-order valence-corrected chi connectivity index (χ1v) is 4.91. The van der Waals surface area contributed by atoms with E-state index in [-0.39, 0.29) is 6.04 Å². The molecule has 0 spiro atoms. The fourth-order valence-electron chi connectivity index (χ4n) is 0.834. The van der Waals surface area contributed by atoms with Gasteiger partial charge in [-0.2, -0.15) is 8.78 Å². The maximum atomic E-state index is 11.6. The topological polar surface area (TPSA) is 12.5 Å². The van der Waals surface area contributed by atoms with E-state index in [2.05, 4.69) is 0 Å². The lowest BCUT2D eigenvalue weighted by molar-refractivity contribution is 0.00406. The fourth-order valence-corrected chi connectivity index (χ4v) is 1.65. The van der Waals surface area contributed by atoms with Gasteiger partial charge in [-0.15, -0.1) is 0 Å². The van der Waals surface area contributed by atoms with Crippen molar-refractivity contribution in [3.05, 3.63) is 24.5 Å². The summed E-state index contributed by atoms with van der Waals surface area (Å²) in [6.07, 6.45) is 3.16. The Morgan fingerprint density at radius 3 is 3.00 bits per heavy atom. The molecule has 1 unspecified atom stereocenters. The summed E-state index contributed by atoms with van der Waals surface area (Å²) in [6.45, 7) is 1.97. The third-order valence-electron chi connectivity index (χ3n) is 1.49. The molecular weight excluding hydrogens is 196 g/mol. The molecule has 0 saturated heterocycles. The first-order chi connectivity index (χ1) is 6.20. The van der Waals surface area contributed by atoms with Gasteiger partial charge in [0.05, 0.1) is 6.04 Å². The van der Waals surface area contributed by atoms with E-state index < -0.39 is 6.08 Å². The molecule has 5 heteroatoms. The highest BCUT2D eigenvalue weighted by atomic mass is 32.2. The minimum absolute atomic E-state index is 0.212. The lowest BCUT2D eigenvalue weighted by Gasteiger charge is -2.16. The number of allylic oxidation sites excluding steroid dienone is 1. The van der Waals surface area contributed by atoms with E-state index in [1.165, 1.54) is 11.9 Å². The van der Waals surface area contributed by atoms with Gasteiger partial charge < -0.3 is 4.84 Å². The lowest BCUT2D eigenvalue weighted by atomic mass is 10.4. The van der Waals surface area contributed by atoms with Crippen molar-refractivity contribution in [2.75, 3.05) is 5.75 Å². The quantitative estimate of drug-likeness (QED) is 0.519. The van der Waals surface area contributed by atoms with Crippen molar-refractivity contribution in [2.24, 2.45) is 0 Å². The monoisotopic (exact) mass is 207 g/mol. The standard InChI is InChI=1S/C8H11F2NOS/c1-7-4-5-12-11(7)13-6-2-3-8(9)10/h3-5,7H,2,6H2,1H3. The van der Waals surface area contributed by atoms with Crippen molar-refractivity contribution < 1.29 is 13.6 Å². The maximum Gasteiger partial charge on any atom is 0.266 e. The Kier molecular flexibility index (Phi) is 4.24. The van der Waals surface area contributed by atoms with E-state index in [4.69, 9.17) is 4.84 Å². The molecule has 1 rings (SSSR count). The van der Waals surface area contributed by atoms with Crippen LogP contribution in [0.25, 0.3) is 0 Å². The highest BCUT2D eigenvalue weighted by molar-refractivity contribution is 7.96. The van der Waals surface area contributed by atoms with Crippen molar-refractivity contribution in [3.63, 3.8) is 0 Å². The van der Waals surface area contributed by atoms with Gasteiger partial charge in [0.1, 0.15) is 6.26 Å². The molecular formula is C8H11F2NOS. The second-order valence-electron chi connectivity index (χ2n) is 2.58. The van der Waals surface area contributed by atoms with Crippen LogP contribution in [0.1, 0.15) is 13.3 Å². The maximum absolute atomic E-state index is 11.6. The molecule has 0 N–H and O–H groups in total. The second-order valence-corrected chi connectivity index (χ2v) is 3.60. The zero-order chi connectivity index (χ0) is 9.68. The molecule has 0 saturated carbocycles. The molecule has 0 radical (unpaired) electrons. The average Bonchev–Trinajstić information content (AvgIpc) is 2.45. The number of nitrogens with zero attached hydrogens (tertiary/aromatic N) is 1. The van der Waals surface area contributed by atoms with Crippen LogP contribution in [0.2, 0.25) is 0 Å². The Morgan fingerprint density at radius 2 is 2.46 bits per heavy atom.